The zero-order chi connectivity index (χ0) is 21.3. The second-order valence-electron chi connectivity index (χ2n) is 6.61. The average molecular weight is 404 g/mol. The van der Waals surface area contributed by atoms with Crippen molar-refractivity contribution in [3.8, 4) is 11.5 Å². The lowest BCUT2D eigenvalue weighted by Crippen LogP contribution is -2.22. The summed E-state index contributed by atoms with van der Waals surface area (Å²) in [5, 5.41) is 5.59. The predicted molar refractivity (Wildman–Crippen MR) is 117 cm³/mol. The third kappa shape index (κ3) is 5.85. The summed E-state index contributed by atoms with van der Waals surface area (Å²) in [5.74, 6) is 0.630. The Hall–Kier alpha value is -3.80. The van der Waals surface area contributed by atoms with E-state index in [4.69, 9.17) is 9.47 Å². The quantitative estimate of drug-likeness (QED) is 0.572. The van der Waals surface area contributed by atoms with Crippen molar-refractivity contribution in [2.45, 2.75) is 13.8 Å². The highest BCUT2D eigenvalue weighted by Crippen LogP contribution is 2.19. The number of rotatable bonds is 8. The normalized spacial score (nSPS) is 10.2. The van der Waals surface area contributed by atoms with E-state index >= 15 is 0 Å². The fraction of sp³-hybridized carbons (Fsp3) is 0.167. The molecule has 0 fully saturated rings. The molecule has 0 bridgehead atoms. The van der Waals surface area contributed by atoms with Crippen molar-refractivity contribution in [3.05, 3.63) is 83.9 Å². The van der Waals surface area contributed by atoms with E-state index < -0.39 is 0 Å². The average Bonchev–Trinajstić information content (AvgIpc) is 2.74. The summed E-state index contributed by atoms with van der Waals surface area (Å²) in [6, 6.07) is 21.4. The molecule has 0 saturated carbocycles. The van der Waals surface area contributed by atoms with Gasteiger partial charge in [-0.3, -0.25) is 9.59 Å². The van der Waals surface area contributed by atoms with Gasteiger partial charge in [0, 0.05) is 5.69 Å². The number of carbonyl (C=O) groups is 2. The first kappa shape index (κ1) is 20.9. The lowest BCUT2D eigenvalue weighted by atomic mass is 10.1. The third-order valence-electron chi connectivity index (χ3n) is 4.23. The number of aryl methyl sites for hydroxylation is 1. The number of nitrogens with one attached hydrogen (secondary N) is 2. The van der Waals surface area contributed by atoms with Gasteiger partial charge in [-0.1, -0.05) is 24.3 Å². The first-order chi connectivity index (χ1) is 14.5. The van der Waals surface area contributed by atoms with Crippen LogP contribution in [0.2, 0.25) is 0 Å². The predicted octanol–water partition coefficient (Wildman–Crippen LogP) is 4.66. The van der Waals surface area contributed by atoms with Gasteiger partial charge >= 0.3 is 0 Å². The van der Waals surface area contributed by atoms with Gasteiger partial charge in [0.05, 0.1) is 17.9 Å². The Morgan fingerprint density at radius 1 is 0.833 bits per heavy atom. The van der Waals surface area contributed by atoms with E-state index in [0.29, 0.717) is 29.3 Å². The lowest BCUT2D eigenvalue weighted by molar-refractivity contribution is -0.118. The summed E-state index contributed by atoms with van der Waals surface area (Å²) in [6.45, 7) is 4.27. The second kappa shape index (κ2) is 10.1. The maximum Gasteiger partial charge on any atom is 0.262 e. The minimum Gasteiger partial charge on any atom is -0.494 e. The standard InChI is InChI=1S/C24H24N2O4/c1-3-29-19-11-13-20(14-12-19)30-16-23(27)26-22-10-5-4-9-21(22)24(28)25-18-8-6-7-17(2)15-18/h4-15H,3,16H2,1-2H3,(H,25,28)(H,26,27). The zero-order valence-corrected chi connectivity index (χ0v) is 17.0. The third-order valence-corrected chi connectivity index (χ3v) is 4.23. The maximum atomic E-state index is 12.7. The lowest BCUT2D eigenvalue weighted by Gasteiger charge is -2.12. The van der Waals surface area contributed by atoms with Gasteiger partial charge in [-0.25, -0.2) is 0 Å². The van der Waals surface area contributed by atoms with Crippen LogP contribution in [0, 0.1) is 6.92 Å². The van der Waals surface area contributed by atoms with Gasteiger partial charge in [-0.2, -0.15) is 0 Å². The zero-order valence-electron chi connectivity index (χ0n) is 17.0. The molecule has 0 spiro atoms. The molecule has 30 heavy (non-hydrogen) atoms. The second-order valence-corrected chi connectivity index (χ2v) is 6.61. The Morgan fingerprint density at radius 3 is 2.23 bits per heavy atom. The monoisotopic (exact) mass is 404 g/mol. The van der Waals surface area contributed by atoms with Crippen LogP contribution in [0.1, 0.15) is 22.8 Å². The summed E-state index contributed by atoms with van der Waals surface area (Å²) in [5.41, 5.74) is 2.53. The van der Waals surface area contributed by atoms with E-state index in [0.717, 1.165) is 11.3 Å². The first-order valence-corrected chi connectivity index (χ1v) is 9.67. The molecule has 3 aromatic rings. The van der Waals surface area contributed by atoms with Gasteiger partial charge in [0.1, 0.15) is 11.5 Å². The highest BCUT2D eigenvalue weighted by molar-refractivity contribution is 6.10. The van der Waals surface area contributed by atoms with Crippen LogP contribution in [-0.2, 0) is 4.79 Å². The van der Waals surface area contributed by atoms with Crippen LogP contribution < -0.4 is 20.1 Å². The number of carbonyl (C=O) groups excluding carboxylic acids is 2. The van der Waals surface area contributed by atoms with Crippen molar-refractivity contribution in [1.82, 2.24) is 0 Å². The summed E-state index contributed by atoms with van der Waals surface area (Å²) >= 11 is 0. The van der Waals surface area contributed by atoms with Gasteiger partial charge in [0.25, 0.3) is 11.8 Å². The Bertz CT molecular complexity index is 1020. The Labute approximate surface area is 175 Å². The molecule has 0 unspecified atom stereocenters. The van der Waals surface area contributed by atoms with Crippen LogP contribution in [-0.4, -0.2) is 25.0 Å². The van der Waals surface area contributed by atoms with Crippen LogP contribution in [0.25, 0.3) is 0 Å². The fourth-order valence-electron chi connectivity index (χ4n) is 2.85. The SMILES string of the molecule is CCOc1ccc(OCC(=O)Nc2ccccc2C(=O)Nc2cccc(C)c2)cc1. The number of hydrogen-bond donors (Lipinski definition) is 2. The van der Waals surface area contributed by atoms with E-state index in [9.17, 15) is 9.59 Å². The van der Waals surface area contributed by atoms with Crippen molar-refractivity contribution in [2.75, 3.05) is 23.8 Å². The molecular weight excluding hydrogens is 380 g/mol. The molecule has 3 rings (SSSR count). The molecule has 3 aromatic carbocycles. The number of anilines is 2. The van der Waals surface area contributed by atoms with Crippen LogP contribution in [0.4, 0.5) is 11.4 Å². The molecule has 0 aliphatic heterocycles. The highest BCUT2D eigenvalue weighted by Gasteiger charge is 2.14. The van der Waals surface area contributed by atoms with Crippen molar-refractivity contribution in [3.63, 3.8) is 0 Å². The van der Waals surface area contributed by atoms with E-state index in [1.165, 1.54) is 0 Å². The topological polar surface area (TPSA) is 76.7 Å². The molecule has 0 aliphatic carbocycles. The molecule has 0 aliphatic rings. The Morgan fingerprint density at radius 2 is 1.53 bits per heavy atom. The van der Waals surface area contributed by atoms with Gasteiger partial charge in [0.15, 0.2) is 6.61 Å². The van der Waals surface area contributed by atoms with Gasteiger partial charge in [-0.05, 0) is 67.9 Å². The number of ether oxygens (including phenoxy) is 2. The van der Waals surface area contributed by atoms with E-state index in [2.05, 4.69) is 10.6 Å². The fourth-order valence-corrected chi connectivity index (χ4v) is 2.85. The largest absolute Gasteiger partial charge is 0.494 e. The number of benzene rings is 3. The van der Waals surface area contributed by atoms with E-state index in [-0.39, 0.29) is 18.4 Å². The molecule has 0 saturated heterocycles. The summed E-state index contributed by atoms with van der Waals surface area (Å²) < 4.78 is 10.9. The van der Waals surface area contributed by atoms with Gasteiger partial charge < -0.3 is 20.1 Å². The molecule has 0 radical (unpaired) electrons. The molecule has 0 heterocycles. The van der Waals surface area contributed by atoms with E-state index in [1.807, 2.05) is 38.1 Å². The summed E-state index contributed by atoms with van der Waals surface area (Å²) in [6.07, 6.45) is 0. The van der Waals surface area contributed by atoms with Crippen molar-refractivity contribution in [1.29, 1.82) is 0 Å². The molecule has 6 nitrogen and oxygen atoms in total. The van der Waals surface area contributed by atoms with Crippen molar-refractivity contribution in [2.24, 2.45) is 0 Å². The van der Waals surface area contributed by atoms with Gasteiger partial charge in [0.2, 0.25) is 0 Å². The number of amides is 2. The molecule has 2 N–H and O–H groups in total. The molecular formula is C24H24N2O4. The first-order valence-electron chi connectivity index (χ1n) is 9.67. The van der Waals surface area contributed by atoms with Gasteiger partial charge in [-0.15, -0.1) is 0 Å². The van der Waals surface area contributed by atoms with Crippen molar-refractivity contribution >= 4 is 23.2 Å². The summed E-state index contributed by atoms with van der Waals surface area (Å²) in [7, 11) is 0. The minimum absolute atomic E-state index is 0.179. The van der Waals surface area contributed by atoms with Crippen LogP contribution in [0.15, 0.2) is 72.8 Å². The minimum atomic E-state index is -0.361. The van der Waals surface area contributed by atoms with Crippen LogP contribution >= 0.6 is 0 Å². The smallest absolute Gasteiger partial charge is 0.262 e. The Kier molecular flexibility index (Phi) is 7.05. The van der Waals surface area contributed by atoms with Crippen LogP contribution in [0.3, 0.4) is 0 Å². The van der Waals surface area contributed by atoms with Crippen LogP contribution in [0.5, 0.6) is 11.5 Å². The molecule has 0 atom stereocenters. The maximum absolute atomic E-state index is 12.7. The number of hydrogen-bond acceptors (Lipinski definition) is 4. The number of para-hydroxylation sites is 1. The van der Waals surface area contributed by atoms with E-state index in [1.54, 1.807) is 48.5 Å². The summed E-state index contributed by atoms with van der Waals surface area (Å²) in [4.78, 5) is 25.0. The molecule has 2 amide bonds. The molecule has 0 aromatic heterocycles. The highest BCUT2D eigenvalue weighted by atomic mass is 16.5. The Balaban J connectivity index is 1.61. The molecule has 154 valence electrons. The molecule has 6 heteroatoms. The van der Waals surface area contributed by atoms with Crippen molar-refractivity contribution < 1.29 is 19.1 Å².